The fourth-order valence-corrected chi connectivity index (χ4v) is 11.6. The predicted molar refractivity (Wildman–Crippen MR) is 139 cm³/mol. The Balaban J connectivity index is 1.87. The highest BCUT2D eigenvalue weighted by Crippen LogP contribution is 2.69. The van der Waals surface area contributed by atoms with Crippen LogP contribution < -0.4 is 10.4 Å². The Labute approximate surface area is 202 Å². The predicted octanol–water partition coefficient (Wildman–Crippen LogP) is 5.42. The third-order valence-electron chi connectivity index (χ3n) is 9.36. The molecule has 4 atom stereocenters. The fraction of sp³-hybridized carbons (Fsp3) is 0.586. The van der Waals surface area contributed by atoms with Crippen molar-refractivity contribution in [1.29, 1.82) is 0 Å². The minimum Gasteiger partial charge on any atom is -0.404 e. The van der Waals surface area contributed by atoms with Crippen LogP contribution in [0.2, 0.25) is 5.04 Å². The highest BCUT2D eigenvalue weighted by atomic mass is 28.4. The first kappa shape index (κ1) is 24.7. The van der Waals surface area contributed by atoms with Gasteiger partial charge in [0.25, 0.3) is 8.32 Å². The van der Waals surface area contributed by atoms with Gasteiger partial charge in [-0.25, -0.2) is 0 Å². The number of hydrogen-bond acceptors (Lipinski definition) is 3. The quantitative estimate of drug-likeness (QED) is 0.532. The van der Waals surface area contributed by atoms with E-state index in [1.165, 1.54) is 10.4 Å². The van der Waals surface area contributed by atoms with E-state index < -0.39 is 13.9 Å². The molecule has 33 heavy (non-hydrogen) atoms. The minimum atomic E-state index is -2.67. The van der Waals surface area contributed by atoms with E-state index in [2.05, 4.69) is 116 Å². The monoisotopic (exact) mass is 466 g/mol. The molecule has 0 spiro atoms. The van der Waals surface area contributed by atoms with Crippen LogP contribution in [0.25, 0.3) is 0 Å². The van der Waals surface area contributed by atoms with Crippen LogP contribution in [0.5, 0.6) is 0 Å². The standard InChI is InChI=1S/C29H42O3Si/c1-21-24-25(30-9)29(32-21,28(7,8)27(24,5)6)20-31-33(26(2,3)4,22-16-12-10-13-17-22)23-18-14-11-15-19-23/h10-19,21,24-25H,20H2,1-9H3/t21?,24-,25-,29+/m0/s1. The number of fused-ring (bicyclic) bond motifs is 2. The third kappa shape index (κ3) is 3.25. The molecule has 2 bridgehead atoms. The van der Waals surface area contributed by atoms with E-state index in [1.807, 2.05) is 7.11 Å². The van der Waals surface area contributed by atoms with E-state index in [0.29, 0.717) is 12.5 Å². The Kier molecular flexibility index (Phi) is 6.01. The molecule has 1 aliphatic carbocycles. The molecule has 1 heterocycles. The molecule has 2 fully saturated rings. The van der Waals surface area contributed by atoms with Crippen molar-refractivity contribution in [1.82, 2.24) is 0 Å². The maximum atomic E-state index is 7.41. The summed E-state index contributed by atoms with van der Waals surface area (Å²) in [7, 11) is -0.829. The highest BCUT2D eigenvalue weighted by Gasteiger charge is 2.76. The summed E-state index contributed by atoms with van der Waals surface area (Å²) >= 11 is 0. The Morgan fingerprint density at radius 2 is 1.36 bits per heavy atom. The molecular formula is C29H42O3Si. The fourth-order valence-electron chi connectivity index (χ4n) is 7.05. The van der Waals surface area contributed by atoms with Crippen molar-refractivity contribution >= 4 is 18.7 Å². The first-order chi connectivity index (χ1) is 15.4. The van der Waals surface area contributed by atoms with Crippen LogP contribution in [0.1, 0.15) is 55.4 Å². The van der Waals surface area contributed by atoms with E-state index in [1.54, 1.807) is 0 Å². The molecule has 1 aliphatic heterocycles. The SMILES string of the molecule is CO[C@H]1[C@@H]2C(C)O[C@@]1(CO[Si](c1ccccc1)(c1ccccc1)C(C)(C)C)C(C)(C)C2(C)C. The van der Waals surface area contributed by atoms with Crippen molar-refractivity contribution in [2.45, 2.75) is 78.2 Å². The largest absolute Gasteiger partial charge is 0.404 e. The minimum absolute atomic E-state index is 0.00992. The summed E-state index contributed by atoms with van der Waals surface area (Å²) in [6.07, 6.45) is 0.149. The maximum absolute atomic E-state index is 7.41. The lowest BCUT2D eigenvalue weighted by atomic mass is 9.61. The molecule has 1 saturated carbocycles. The zero-order chi connectivity index (χ0) is 24.3. The molecule has 0 radical (unpaired) electrons. The van der Waals surface area contributed by atoms with Crippen LogP contribution in [0, 0.1) is 16.7 Å². The summed E-state index contributed by atoms with van der Waals surface area (Å²) in [5.74, 6) is 0.334. The van der Waals surface area contributed by atoms with Crippen molar-refractivity contribution in [3.8, 4) is 0 Å². The normalized spacial score (nSPS) is 30.5. The van der Waals surface area contributed by atoms with Gasteiger partial charge in [0, 0.05) is 18.4 Å². The van der Waals surface area contributed by atoms with Gasteiger partial charge >= 0.3 is 0 Å². The van der Waals surface area contributed by atoms with Crippen molar-refractivity contribution < 1.29 is 13.9 Å². The molecule has 4 heteroatoms. The number of hydrogen-bond donors (Lipinski definition) is 0. The smallest absolute Gasteiger partial charge is 0.261 e. The van der Waals surface area contributed by atoms with Crippen molar-refractivity contribution in [3.63, 3.8) is 0 Å². The molecule has 2 aliphatic rings. The second kappa shape index (κ2) is 8.05. The maximum Gasteiger partial charge on any atom is 0.261 e. The summed E-state index contributed by atoms with van der Waals surface area (Å²) in [6.45, 7) is 19.2. The lowest BCUT2D eigenvalue weighted by molar-refractivity contribution is -0.208. The molecule has 0 N–H and O–H groups in total. The number of rotatable bonds is 6. The van der Waals surface area contributed by atoms with Crippen molar-refractivity contribution in [3.05, 3.63) is 60.7 Å². The third-order valence-corrected chi connectivity index (χ3v) is 14.3. The Morgan fingerprint density at radius 1 is 0.879 bits per heavy atom. The Hall–Kier alpha value is -1.46. The van der Waals surface area contributed by atoms with Gasteiger partial charge in [-0.15, -0.1) is 0 Å². The van der Waals surface area contributed by atoms with Crippen LogP contribution in [0.3, 0.4) is 0 Å². The lowest BCUT2D eigenvalue weighted by Crippen LogP contribution is -2.69. The average Bonchev–Trinajstić information content (AvgIpc) is 3.13. The van der Waals surface area contributed by atoms with Crippen molar-refractivity contribution in [2.75, 3.05) is 13.7 Å². The van der Waals surface area contributed by atoms with E-state index in [0.717, 1.165) is 0 Å². The summed E-state index contributed by atoms with van der Waals surface area (Å²) in [5.41, 5.74) is -0.536. The van der Waals surface area contributed by atoms with E-state index in [-0.39, 0.29) is 28.1 Å². The molecule has 3 nitrogen and oxygen atoms in total. The molecule has 180 valence electrons. The molecular weight excluding hydrogens is 424 g/mol. The van der Waals surface area contributed by atoms with E-state index in [9.17, 15) is 0 Å². The van der Waals surface area contributed by atoms with Gasteiger partial charge in [-0.3, -0.25) is 0 Å². The first-order valence-electron chi connectivity index (χ1n) is 12.3. The molecule has 2 aromatic rings. The number of ether oxygens (including phenoxy) is 2. The molecule has 0 amide bonds. The summed E-state index contributed by atoms with van der Waals surface area (Å²) in [6, 6.07) is 21.7. The average molecular weight is 467 g/mol. The van der Waals surface area contributed by atoms with Gasteiger partial charge in [0.05, 0.1) is 18.8 Å². The van der Waals surface area contributed by atoms with Crippen LogP contribution in [0.15, 0.2) is 60.7 Å². The van der Waals surface area contributed by atoms with Crippen LogP contribution in [-0.4, -0.2) is 39.8 Å². The first-order valence-corrected chi connectivity index (χ1v) is 14.2. The summed E-state index contributed by atoms with van der Waals surface area (Å²) < 4.78 is 20.5. The van der Waals surface area contributed by atoms with Gasteiger partial charge in [-0.1, -0.05) is 109 Å². The van der Waals surface area contributed by atoms with Crippen LogP contribution in [0.4, 0.5) is 0 Å². The topological polar surface area (TPSA) is 27.7 Å². The lowest BCUT2D eigenvalue weighted by Gasteiger charge is -2.54. The van der Waals surface area contributed by atoms with E-state index in [4.69, 9.17) is 13.9 Å². The second-order valence-corrected chi connectivity index (χ2v) is 16.5. The number of methoxy groups -OCH3 is 1. The molecule has 2 aromatic carbocycles. The zero-order valence-electron chi connectivity index (χ0n) is 21.9. The summed E-state index contributed by atoms with van der Waals surface area (Å²) in [5, 5.41) is 2.52. The Morgan fingerprint density at radius 3 is 1.79 bits per heavy atom. The van der Waals surface area contributed by atoms with Gasteiger partial charge in [-0.05, 0) is 27.8 Å². The van der Waals surface area contributed by atoms with Crippen LogP contribution >= 0.6 is 0 Å². The van der Waals surface area contributed by atoms with Gasteiger partial charge in [-0.2, -0.15) is 0 Å². The Bertz CT molecular complexity index is 924. The molecule has 1 unspecified atom stereocenters. The molecule has 0 aromatic heterocycles. The molecule has 1 saturated heterocycles. The van der Waals surface area contributed by atoms with Gasteiger partial charge in [0.15, 0.2) is 0 Å². The molecule has 4 rings (SSSR count). The second-order valence-electron chi connectivity index (χ2n) is 12.2. The van der Waals surface area contributed by atoms with Gasteiger partial charge < -0.3 is 13.9 Å². The highest BCUT2D eigenvalue weighted by molar-refractivity contribution is 6.99. The van der Waals surface area contributed by atoms with E-state index >= 15 is 0 Å². The van der Waals surface area contributed by atoms with Gasteiger partial charge in [0.2, 0.25) is 0 Å². The van der Waals surface area contributed by atoms with Crippen LogP contribution in [-0.2, 0) is 13.9 Å². The van der Waals surface area contributed by atoms with Gasteiger partial charge in [0.1, 0.15) is 5.60 Å². The zero-order valence-corrected chi connectivity index (χ0v) is 22.9. The van der Waals surface area contributed by atoms with Crippen molar-refractivity contribution in [2.24, 2.45) is 16.7 Å². The summed E-state index contributed by atoms with van der Waals surface area (Å²) in [4.78, 5) is 0. The number of benzene rings is 2.